The Balaban J connectivity index is 2.00. The van der Waals surface area contributed by atoms with Crippen LogP contribution in [0.5, 0.6) is 5.75 Å². The number of aliphatic hydroxyl groups is 1. The van der Waals surface area contributed by atoms with Crippen LogP contribution in [0.15, 0.2) is 48.5 Å². The first-order chi connectivity index (χ1) is 15.6. The number of nitro groups is 1. The molecule has 0 amide bonds. The first-order valence-corrected chi connectivity index (χ1v) is 9.45. The number of nitrogens with one attached hydrogen (secondary N) is 2. The van der Waals surface area contributed by atoms with Crippen molar-refractivity contribution in [3.63, 3.8) is 0 Å². The molecule has 0 aliphatic rings. The second kappa shape index (κ2) is 10.1. The zero-order chi connectivity index (χ0) is 24.0. The molecule has 0 fully saturated rings. The Kier molecular flexibility index (Phi) is 7.23. The summed E-state index contributed by atoms with van der Waals surface area (Å²) in [4.78, 5) is 18.9. The third-order valence-electron chi connectivity index (χ3n) is 4.13. The van der Waals surface area contributed by atoms with Crippen LogP contribution in [0.3, 0.4) is 0 Å². The number of halogens is 4. The van der Waals surface area contributed by atoms with Crippen LogP contribution in [-0.2, 0) is 0 Å². The molecule has 1 aromatic heterocycles. The van der Waals surface area contributed by atoms with E-state index >= 15 is 0 Å². The average molecular weight is 467 g/mol. The van der Waals surface area contributed by atoms with Gasteiger partial charge >= 0.3 is 6.36 Å². The maximum absolute atomic E-state index is 13.4. The van der Waals surface area contributed by atoms with E-state index in [2.05, 4.69) is 25.3 Å². The fourth-order valence-electron chi connectivity index (χ4n) is 2.77. The van der Waals surface area contributed by atoms with Crippen LogP contribution in [0.4, 0.5) is 40.7 Å². The Labute approximate surface area is 184 Å². The van der Waals surface area contributed by atoms with Crippen molar-refractivity contribution < 1.29 is 32.3 Å². The van der Waals surface area contributed by atoms with Crippen LogP contribution in [0.1, 0.15) is 6.42 Å². The lowest BCUT2D eigenvalue weighted by Crippen LogP contribution is -2.17. The van der Waals surface area contributed by atoms with Gasteiger partial charge < -0.3 is 20.5 Å². The van der Waals surface area contributed by atoms with Gasteiger partial charge in [-0.1, -0.05) is 12.1 Å². The monoisotopic (exact) mass is 467 g/mol. The molecule has 13 heteroatoms. The number of benzene rings is 2. The zero-order valence-corrected chi connectivity index (χ0v) is 16.8. The molecular formula is C20H17F4N5O4. The van der Waals surface area contributed by atoms with Gasteiger partial charge in [0.05, 0.1) is 16.7 Å². The number of aromatic nitrogens is 2. The highest BCUT2D eigenvalue weighted by Crippen LogP contribution is 2.31. The molecule has 3 aromatic rings. The van der Waals surface area contributed by atoms with E-state index in [9.17, 15) is 27.7 Å². The van der Waals surface area contributed by atoms with Crippen molar-refractivity contribution in [3.8, 4) is 17.0 Å². The Morgan fingerprint density at radius 3 is 2.61 bits per heavy atom. The van der Waals surface area contributed by atoms with Gasteiger partial charge in [0.2, 0.25) is 5.95 Å². The van der Waals surface area contributed by atoms with Gasteiger partial charge in [-0.05, 0) is 30.7 Å². The van der Waals surface area contributed by atoms with Crippen LogP contribution in [-0.4, -0.2) is 39.5 Å². The van der Waals surface area contributed by atoms with Crippen molar-refractivity contribution in [3.05, 3.63) is 64.5 Å². The summed E-state index contributed by atoms with van der Waals surface area (Å²) in [7, 11) is 0. The Morgan fingerprint density at radius 1 is 1.12 bits per heavy atom. The van der Waals surface area contributed by atoms with Crippen LogP contribution in [0, 0.1) is 15.9 Å². The molecule has 3 N–H and O–H groups in total. The lowest BCUT2D eigenvalue weighted by molar-refractivity contribution is -0.384. The van der Waals surface area contributed by atoms with E-state index < -0.39 is 28.5 Å². The van der Waals surface area contributed by atoms with Crippen LogP contribution in [0.25, 0.3) is 11.3 Å². The van der Waals surface area contributed by atoms with E-state index in [0.717, 1.165) is 30.3 Å². The summed E-state index contributed by atoms with van der Waals surface area (Å²) in [5.41, 5.74) is -0.163. The summed E-state index contributed by atoms with van der Waals surface area (Å²) in [5, 5.41) is 25.8. The van der Waals surface area contributed by atoms with E-state index in [1.165, 1.54) is 18.2 Å². The molecule has 0 radical (unpaired) electrons. The molecule has 0 aliphatic carbocycles. The molecule has 174 valence electrons. The van der Waals surface area contributed by atoms with Gasteiger partial charge in [0.1, 0.15) is 23.1 Å². The first kappa shape index (κ1) is 23.7. The Bertz CT molecular complexity index is 1140. The van der Waals surface area contributed by atoms with E-state index in [0.29, 0.717) is 6.42 Å². The lowest BCUT2D eigenvalue weighted by atomic mass is 10.1. The highest BCUT2D eigenvalue weighted by molar-refractivity contribution is 5.72. The predicted octanol–water partition coefficient (Wildman–Crippen LogP) is 4.63. The maximum Gasteiger partial charge on any atom is 0.573 e. The third-order valence-corrected chi connectivity index (χ3v) is 4.13. The average Bonchev–Trinajstić information content (AvgIpc) is 2.74. The minimum atomic E-state index is -4.88. The van der Waals surface area contributed by atoms with Crippen molar-refractivity contribution in [1.82, 2.24) is 9.97 Å². The largest absolute Gasteiger partial charge is 0.573 e. The normalized spacial score (nSPS) is 11.2. The summed E-state index contributed by atoms with van der Waals surface area (Å²) in [5.74, 6) is -1.15. The van der Waals surface area contributed by atoms with Crippen molar-refractivity contribution in [2.45, 2.75) is 12.8 Å². The summed E-state index contributed by atoms with van der Waals surface area (Å²) in [6.07, 6.45) is -4.51. The van der Waals surface area contributed by atoms with Crippen LogP contribution >= 0.6 is 0 Å². The fourth-order valence-corrected chi connectivity index (χ4v) is 2.77. The molecule has 0 atom stereocenters. The number of ether oxygens (including phenoxy) is 1. The molecule has 9 nitrogen and oxygen atoms in total. The maximum atomic E-state index is 13.4. The molecule has 0 aliphatic heterocycles. The number of hydrogen-bond donors (Lipinski definition) is 3. The van der Waals surface area contributed by atoms with Gasteiger partial charge in [0.15, 0.2) is 0 Å². The topological polar surface area (TPSA) is 122 Å². The standard InChI is InChI=1S/C20H17F4N5O4/c21-13-5-6-15(17(10-13)29(31)32)26-18-11-16(27-19(28-18)25-7-2-8-30)12-3-1-4-14(9-12)33-20(22,23)24/h1,3-6,9-11,30H,2,7-8H2,(H2,25,26,27,28). The number of aliphatic hydroxyl groups excluding tert-OH is 1. The molecule has 1 heterocycles. The molecule has 0 unspecified atom stereocenters. The number of anilines is 3. The summed E-state index contributed by atoms with van der Waals surface area (Å²) < 4.78 is 55.1. The number of hydrogen-bond acceptors (Lipinski definition) is 8. The van der Waals surface area contributed by atoms with Gasteiger partial charge in [-0.25, -0.2) is 9.37 Å². The summed E-state index contributed by atoms with van der Waals surface area (Å²) >= 11 is 0. The van der Waals surface area contributed by atoms with Gasteiger partial charge in [0, 0.05) is 24.8 Å². The Morgan fingerprint density at radius 2 is 1.91 bits per heavy atom. The second-order valence-corrected chi connectivity index (χ2v) is 6.59. The smallest absolute Gasteiger partial charge is 0.406 e. The van der Waals surface area contributed by atoms with Gasteiger partial charge in [-0.2, -0.15) is 4.98 Å². The number of alkyl halides is 3. The van der Waals surface area contributed by atoms with E-state index in [-0.39, 0.29) is 41.9 Å². The van der Waals surface area contributed by atoms with Crippen molar-refractivity contribution in [2.24, 2.45) is 0 Å². The third kappa shape index (κ3) is 6.74. The molecule has 33 heavy (non-hydrogen) atoms. The first-order valence-electron chi connectivity index (χ1n) is 9.45. The van der Waals surface area contributed by atoms with Crippen molar-refractivity contribution in [1.29, 1.82) is 0 Å². The molecule has 0 saturated heterocycles. The SMILES string of the molecule is O=[N+]([O-])c1cc(F)ccc1Nc1cc(-c2cccc(OC(F)(F)F)c2)nc(NCCCO)n1. The minimum Gasteiger partial charge on any atom is -0.406 e. The van der Waals surface area contributed by atoms with Crippen molar-refractivity contribution in [2.75, 3.05) is 23.8 Å². The van der Waals surface area contributed by atoms with Crippen LogP contribution < -0.4 is 15.4 Å². The number of rotatable bonds is 9. The van der Waals surface area contributed by atoms with Gasteiger partial charge in [-0.15, -0.1) is 13.2 Å². The molecule has 3 rings (SSSR count). The summed E-state index contributed by atoms with van der Waals surface area (Å²) in [6, 6.07) is 9.36. The Hall–Kier alpha value is -4.00. The minimum absolute atomic E-state index is 0.0513. The molecule has 0 saturated carbocycles. The molecule has 0 spiro atoms. The number of nitro benzene ring substituents is 1. The van der Waals surface area contributed by atoms with Crippen LogP contribution in [0.2, 0.25) is 0 Å². The lowest BCUT2D eigenvalue weighted by Gasteiger charge is -2.13. The van der Waals surface area contributed by atoms with Gasteiger partial charge in [0.25, 0.3) is 5.69 Å². The highest BCUT2D eigenvalue weighted by atomic mass is 19.4. The van der Waals surface area contributed by atoms with E-state index in [1.54, 1.807) is 0 Å². The van der Waals surface area contributed by atoms with E-state index in [4.69, 9.17) is 5.11 Å². The van der Waals surface area contributed by atoms with E-state index in [1.807, 2.05) is 0 Å². The predicted molar refractivity (Wildman–Crippen MR) is 111 cm³/mol. The highest BCUT2D eigenvalue weighted by Gasteiger charge is 2.31. The zero-order valence-electron chi connectivity index (χ0n) is 16.8. The summed E-state index contributed by atoms with van der Waals surface area (Å²) in [6.45, 7) is 0.184. The number of nitrogens with zero attached hydrogens (tertiary/aromatic N) is 3. The second-order valence-electron chi connectivity index (χ2n) is 6.59. The van der Waals surface area contributed by atoms with Crippen molar-refractivity contribution >= 4 is 23.1 Å². The van der Waals surface area contributed by atoms with Gasteiger partial charge in [-0.3, -0.25) is 10.1 Å². The molecule has 2 aromatic carbocycles. The molecular weight excluding hydrogens is 450 g/mol. The quantitative estimate of drug-likeness (QED) is 0.180. The molecule has 0 bridgehead atoms. The fraction of sp³-hybridized carbons (Fsp3) is 0.200.